The van der Waals surface area contributed by atoms with E-state index in [9.17, 15) is 4.79 Å². The van der Waals surface area contributed by atoms with Gasteiger partial charge in [-0.15, -0.1) is 0 Å². The first kappa shape index (κ1) is 14.2. The Balaban J connectivity index is 1.99. The summed E-state index contributed by atoms with van der Waals surface area (Å²) < 4.78 is 10.7. The molecule has 1 atom stereocenters. The fourth-order valence-corrected chi connectivity index (χ4v) is 3.49. The van der Waals surface area contributed by atoms with Crippen molar-refractivity contribution in [3.63, 3.8) is 0 Å². The second kappa shape index (κ2) is 5.93. The maximum atomic E-state index is 12.0. The van der Waals surface area contributed by atoms with Crippen LogP contribution in [0.1, 0.15) is 30.7 Å². The Hall–Kier alpha value is -1.75. The predicted octanol–water partition coefficient (Wildman–Crippen LogP) is 2.13. The number of nitrogens with one attached hydrogen (secondary N) is 2. The van der Waals surface area contributed by atoms with Gasteiger partial charge in [-0.25, -0.2) is 0 Å². The maximum Gasteiger partial charge on any atom is 0.225 e. The molecular weight excluding hydrogens is 268 g/mol. The third-order valence-electron chi connectivity index (χ3n) is 4.59. The van der Waals surface area contributed by atoms with E-state index in [0.717, 1.165) is 37.4 Å². The highest BCUT2D eigenvalue weighted by atomic mass is 16.5. The van der Waals surface area contributed by atoms with Crippen LogP contribution in [0.25, 0.3) is 0 Å². The molecule has 1 aromatic carbocycles. The molecular formula is C16H22N2O3. The second-order valence-corrected chi connectivity index (χ2v) is 5.74. The van der Waals surface area contributed by atoms with E-state index >= 15 is 0 Å². The van der Waals surface area contributed by atoms with Gasteiger partial charge in [0.15, 0.2) is 11.5 Å². The standard InChI is InChI=1S/C16H22N2O3/c1-20-14-7-12-11(10-3-5-17-6-4-10)8-16(19)18-13(12)9-15(14)21-2/h7,9-11,17H,3-6,8H2,1-2H3,(H,18,19)/t11-/m1/s1. The Kier molecular flexibility index (Phi) is 4.01. The lowest BCUT2D eigenvalue weighted by atomic mass is 9.76. The fourth-order valence-electron chi connectivity index (χ4n) is 3.49. The number of ether oxygens (including phenoxy) is 2. The van der Waals surface area contributed by atoms with Crippen LogP contribution in [0.3, 0.4) is 0 Å². The highest BCUT2D eigenvalue weighted by Crippen LogP contribution is 2.45. The molecule has 2 aliphatic rings. The molecule has 0 saturated carbocycles. The molecule has 1 aromatic rings. The Morgan fingerprint density at radius 3 is 2.43 bits per heavy atom. The van der Waals surface area contributed by atoms with Crippen LogP contribution in [0.4, 0.5) is 5.69 Å². The molecule has 1 amide bonds. The molecule has 0 aliphatic carbocycles. The van der Waals surface area contributed by atoms with Gasteiger partial charge in [0.25, 0.3) is 0 Å². The van der Waals surface area contributed by atoms with Gasteiger partial charge in [-0.1, -0.05) is 0 Å². The normalized spacial score (nSPS) is 22.4. The van der Waals surface area contributed by atoms with Crippen molar-refractivity contribution in [1.82, 2.24) is 5.32 Å². The molecule has 1 fully saturated rings. The summed E-state index contributed by atoms with van der Waals surface area (Å²) >= 11 is 0. The molecule has 114 valence electrons. The van der Waals surface area contributed by atoms with Crippen molar-refractivity contribution in [3.8, 4) is 11.5 Å². The number of piperidine rings is 1. The lowest BCUT2D eigenvalue weighted by Crippen LogP contribution is -2.34. The summed E-state index contributed by atoms with van der Waals surface area (Å²) in [5.74, 6) is 2.30. The Bertz CT molecular complexity index is 539. The first-order valence-corrected chi connectivity index (χ1v) is 7.49. The van der Waals surface area contributed by atoms with E-state index < -0.39 is 0 Å². The molecule has 2 N–H and O–H groups in total. The number of fused-ring (bicyclic) bond motifs is 1. The van der Waals surface area contributed by atoms with Crippen LogP contribution in [-0.2, 0) is 4.79 Å². The number of hydrogen-bond donors (Lipinski definition) is 2. The third-order valence-corrected chi connectivity index (χ3v) is 4.59. The van der Waals surface area contributed by atoms with E-state index in [4.69, 9.17) is 9.47 Å². The summed E-state index contributed by atoms with van der Waals surface area (Å²) in [6, 6.07) is 3.90. The highest BCUT2D eigenvalue weighted by Gasteiger charge is 2.33. The van der Waals surface area contributed by atoms with Crippen molar-refractivity contribution in [3.05, 3.63) is 17.7 Å². The molecule has 1 saturated heterocycles. The summed E-state index contributed by atoms with van der Waals surface area (Å²) in [5.41, 5.74) is 2.05. The first-order valence-electron chi connectivity index (χ1n) is 7.49. The molecule has 21 heavy (non-hydrogen) atoms. The lowest BCUT2D eigenvalue weighted by molar-refractivity contribution is -0.117. The van der Waals surface area contributed by atoms with Crippen molar-refractivity contribution in [2.24, 2.45) is 5.92 Å². The summed E-state index contributed by atoms with van der Waals surface area (Å²) in [6.45, 7) is 2.07. The van der Waals surface area contributed by atoms with Crippen LogP contribution < -0.4 is 20.1 Å². The largest absolute Gasteiger partial charge is 0.493 e. The van der Waals surface area contributed by atoms with Gasteiger partial charge in [-0.2, -0.15) is 0 Å². The quantitative estimate of drug-likeness (QED) is 0.895. The fraction of sp³-hybridized carbons (Fsp3) is 0.562. The zero-order valence-electron chi connectivity index (χ0n) is 12.6. The number of anilines is 1. The van der Waals surface area contributed by atoms with Crippen molar-refractivity contribution in [2.45, 2.75) is 25.2 Å². The van der Waals surface area contributed by atoms with Crippen molar-refractivity contribution in [1.29, 1.82) is 0 Å². The van der Waals surface area contributed by atoms with Gasteiger partial charge in [0, 0.05) is 18.2 Å². The average molecular weight is 290 g/mol. The topological polar surface area (TPSA) is 59.6 Å². The number of carbonyl (C=O) groups excluding carboxylic acids is 1. The predicted molar refractivity (Wildman–Crippen MR) is 81.1 cm³/mol. The molecule has 0 spiro atoms. The molecule has 0 unspecified atom stereocenters. The summed E-state index contributed by atoms with van der Waals surface area (Å²) in [6.07, 6.45) is 2.80. The van der Waals surface area contributed by atoms with Gasteiger partial charge in [0.1, 0.15) is 0 Å². The van der Waals surface area contributed by atoms with Crippen LogP contribution in [-0.4, -0.2) is 33.2 Å². The number of benzene rings is 1. The number of amides is 1. The Labute approximate surface area is 125 Å². The third kappa shape index (κ3) is 2.70. The van der Waals surface area contributed by atoms with E-state index in [-0.39, 0.29) is 11.8 Å². The van der Waals surface area contributed by atoms with Gasteiger partial charge < -0.3 is 20.1 Å². The minimum absolute atomic E-state index is 0.0956. The van der Waals surface area contributed by atoms with Crippen LogP contribution in [0.15, 0.2) is 12.1 Å². The minimum Gasteiger partial charge on any atom is -0.493 e. The van der Waals surface area contributed by atoms with Gasteiger partial charge in [-0.05, 0) is 49.4 Å². The number of carbonyl (C=O) groups is 1. The molecule has 3 rings (SSSR count). The zero-order valence-corrected chi connectivity index (χ0v) is 12.6. The van der Waals surface area contributed by atoms with E-state index in [1.807, 2.05) is 12.1 Å². The molecule has 2 heterocycles. The second-order valence-electron chi connectivity index (χ2n) is 5.74. The lowest BCUT2D eigenvalue weighted by Gasteiger charge is -2.35. The molecule has 5 heteroatoms. The number of hydrogen-bond acceptors (Lipinski definition) is 4. The van der Waals surface area contributed by atoms with Crippen molar-refractivity contribution >= 4 is 11.6 Å². The van der Waals surface area contributed by atoms with Gasteiger partial charge in [0.05, 0.1) is 14.2 Å². The van der Waals surface area contributed by atoms with Gasteiger partial charge in [0.2, 0.25) is 5.91 Å². The monoisotopic (exact) mass is 290 g/mol. The van der Waals surface area contributed by atoms with Crippen LogP contribution in [0.2, 0.25) is 0 Å². The first-order chi connectivity index (χ1) is 10.2. The Morgan fingerprint density at radius 2 is 1.76 bits per heavy atom. The van der Waals surface area contributed by atoms with Crippen molar-refractivity contribution < 1.29 is 14.3 Å². The number of methoxy groups -OCH3 is 2. The summed E-state index contributed by atoms with van der Waals surface area (Å²) in [5, 5.41) is 6.35. The minimum atomic E-state index is 0.0956. The van der Waals surface area contributed by atoms with E-state index in [1.165, 1.54) is 5.56 Å². The van der Waals surface area contributed by atoms with E-state index in [0.29, 0.717) is 18.1 Å². The molecule has 5 nitrogen and oxygen atoms in total. The van der Waals surface area contributed by atoms with E-state index in [2.05, 4.69) is 10.6 Å². The number of rotatable bonds is 3. The van der Waals surface area contributed by atoms with Crippen molar-refractivity contribution in [2.75, 3.05) is 32.6 Å². The molecule has 2 aliphatic heterocycles. The molecule has 0 bridgehead atoms. The smallest absolute Gasteiger partial charge is 0.225 e. The molecule has 0 radical (unpaired) electrons. The molecule has 0 aromatic heterocycles. The SMILES string of the molecule is COc1cc2c(cc1OC)[C@@H](C1CCNCC1)CC(=O)N2. The maximum absolute atomic E-state index is 12.0. The zero-order chi connectivity index (χ0) is 14.8. The average Bonchev–Trinajstić information content (AvgIpc) is 2.53. The highest BCUT2D eigenvalue weighted by molar-refractivity contribution is 5.95. The van der Waals surface area contributed by atoms with Crippen LogP contribution in [0.5, 0.6) is 11.5 Å². The van der Waals surface area contributed by atoms with Gasteiger partial charge >= 0.3 is 0 Å². The van der Waals surface area contributed by atoms with Gasteiger partial charge in [-0.3, -0.25) is 4.79 Å². The van der Waals surface area contributed by atoms with Crippen LogP contribution >= 0.6 is 0 Å². The van der Waals surface area contributed by atoms with E-state index in [1.54, 1.807) is 14.2 Å². The summed E-state index contributed by atoms with van der Waals surface area (Å²) in [7, 11) is 3.25. The Morgan fingerprint density at radius 1 is 1.10 bits per heavy atom. The van der Waals surface area contributed by atoms with Crippen LogP contribution in [0, 0.1) is 5.92 Å². The summed E-state index contributed by atoms with van der Waals surface area (Å²) in [4.78, 5) is 12.0.